The number of benzene rings is 1. The summed E-state index contributed by atoms with van der Waals surface area (Å²) in [6, 6.07) is 3.52. The molecule has 1 aliphatic heterocycles. The molecule has 1 unspecified atom stereocenters. The predicted octanol–water partition coefficient (Wildman–Crippen LogP) is 4.51. The summed E-state index contributed by atoms with van der Waals surface area (Å²) in [5.41, 5.74) is 1.97. The lowest BCUT2D eigenvalue weighted by Crippen LogP contribution is -2.25. The standard InChI is InChI=1S/C14H20ClFN2/c1-14(2,3)8-9-4-5-17-12-7-11(16)10(15)6-13(12)18-9/h6-7,9,17-18H,4-5,8H2,1-3H3. The van der Waals surface area contributed by atoms with Crippen LogP contribution in [0.15, 0.2) is 12.1 Å². The van der Waals surface area contributed by atoms with E-state index in [9.17, 15) is 4.39 Å². The van der Waals surface area contributed by atoms with Crippen LogP contribution in [0.1, 0.15) is 33.6 Å². The van der Waals surface area contributed by atoms with Crippen molar-refractivity contribution in [3.05, 3.63) is 23.0 Å². The minimum atomic E-state index is -0.376. The number of halogens is 2. The highest BCUT2D eigenvalue weighted by molar-refractivity contribution is 6.31. The van der Waals surface area contributed by atoms with E-state index in [2.05, 4.69) is 31.4 Å². The summed E-state index contributed by atoms with van der Waals surface area (Å²) in [5.74, 6) is -0.376. The second-order valence-corrected chi connectivity index (χ2v) is 6.54. The van der Waals surface area contributed by atoms with E-state index in [0.717, 1.165) is 30.8 Å². The monoisotopic (exact) mass is 270 g/mol. The molecule has 100 valence electrons. The van der Waals surface area contributed by atoms with Crippen LogP contribution in [-0.4, -0.2) is 12.6 Å². The molecule has 0 radical (unpaired) electrons. The van der Waals surface area contributed by atoms with E-state index in [4.69, 9.17) is 11.6 Å². The van der Waals surface area contributed by atoms with Crippen LogP contribution in [-0.2, 0) is 0 Å². The molecule has 1 aromatic rings. The molecule has 0 saturated heterocycles. The maximum Gasteiger partial charge on any atom is 0.143 e. The zero-order valence-corrected chi connectivity index (χ0v) is 11.9. The number of rotatable bonds is 1. The van der Waals surface area contributed by atoms with Gasteiger partial charge < -0.3 is 10.6 Å². The molecule has 2 rings (SSSR count). The molecule has 4 heteroatoms. The van der Waals surface area contributed by atoms with Gasteiger partial charge in [0.05, 0.1) is 16.4 Å². The van der Waals surface area contributed by atoms with Crippen LogP contribution in [0.2, 0.25) is 5.02 Å². The van der Waals surface area contributed by atoms with Gasteiger partial charge in [-0.1, -0.05) is 32.4 Å². The molecule has 0 amide bonds. The van der Waals surface area contributed by atoms with Crippen LogP contribution in [0, 0.1) is 11.2 Å². The number of anilines is 2. The average Bonchev–Trinajstić information content (AvgIpc) is 2.38. The molecule has 1 aliphatic rings. The Kier molecular flexibility index (Phi) is 3.71. The summed E-state index contributed by atoms with van der Waals surface area (Å²) in [7, 11) is 0. The van der Waals surface area contributed by atoms with Crippen molar-refractivity contribution in [2.75, 3.05) is 17.2 Å². The SMILES string of the molecule is CC(C)(C)CC1CCNc2cc(F)c(Cl)cc2N1. The molecular formula is C14H20ClFN2. The lowest BCUT2D eigenvalue weighted by molar-refractivity contribution is 0.345. The largest absolute Gasteiger partial charge is 0.383 e. The molecule has 1 heterocycles. The summed E-state index contributed by atoms with van der Waals surface area (Å²) >= 11 is 5.84. The van der Waals surface area contributed by atoms with Crippen molar-refractivity contribution in [2.24, 2.45) is 5.41 Å². The molecule has 0 bridgehead atoms. The number of fused-ring (bicyclic) bond motifs is 1. The van der Waals surface area contributed by atoms with E-state index in [1.54, 1.807) is 6.07 Å². The fourth-order valence-corrected chi connectivity index (χ4v) is 2.54. The van der Waals surface area contributed by atoms with Gasteiger partial charge in [0.2, 0.25) is 0 Å². The summed E-state index contributed by atoms with van der Waals surface area (Å²) in [6.07, 6.45) is 2.09. The first-order chi connectivity index (χ1) is 8.35. The van der Waals surface area contributed by atoms with E-state index < -0.39 is 0 Å². The van der Waals surface area contributed by atoms with Crippen molar-refractivity contribution >= 4 is 23.0 Å². The third kappa shape index (κ3) is 3.29. The molecule has 2 nitrogen and oxygen atoms in total. The van der Waals surface area contributed by atoms with E-state index in [1.807, 2.05) is 0 Å². The summed E-state index contributed by atoms with van der Waals surface area (Å²) in [6.45, 7) is 7.53. The van der Waals surface area contributed by atoms with Crippen molar-refractivity contribution in [3.8, 4) is 0 Å². The first-order valence-electron chi connectivity index (χ1n) is 6.34. The van der Waals surface area contributed by atoms with Gasteiger partial charge in [0.1, 0.15) is 5.82 Å². The van der Waals surface area contributed by atoms with Crippen LogP contribution in [0.5, 0.6) is 0 Å². The number of nitrogens with one attached hydrogen (secondary N) is 2. The van der Waals surface area contributed by atoms with Crippen LogP contribution < -0.4 is 10.6 Å². The van der Waals surface area contributed by atoms with Crippen molar-refractivity contribution in [1.29, 1.82) is 0 Å². The molecule has 0 aromatic heterocycles. The highest BCUT2D eigenvalue weighted by atomic mass is 35.5. The third-order valence-corrected chi connectivity index (χ3v) is 3.38. The minimum absolute atomic E-state index is 0.166. The van der Waals surface area contributed by atoms with Gasteiger partial charge in [-0.25, -0.2) is 4.39 Å². The van der Waals surface area contributed by atoms with Gasteiger partial charge >= 0.3 is 0 Å². The molecular weight excluding hydrogens is 251 g/mol. The van der Waals surface area contributed by atoms with Crippen LogP contribution in [0.4, 0.5) is 15.8 Å². The Morgan fingerprint density at radius 3 is 2.72 bits per heavy atom. The fraction of sp³-hybridized carbons (Fsp3) is 0.571. The second-order valence-electron chi connectivity index (χ2n) is 6.13. The normalized spacial score (nSPS) is 19.5. The predicted molar refractivity (Wildman–Crippen MR) is 76.0 cm³/mol. The molecule has 0 fully saturated rings. The molecule has 2 N–H and O–H groups in total. The maximum atomic E-state index is 13.4. The van der Waals surface area contributed by atoms with Gasteiger partial charge in [0, 0.05) is 18.7 Å². The fourth-order valence-electron chi connectivity index (χ4n) is 2.38. The third-order valence-electron chi connectivity index (χ3n) is 3.09. The van der Waals surface area contributed by atoms with E-state index in [0.29, 0.717) is 6.04 Å². The first kappa shape index (κ1) is 13.5. The molecule has 1 atom stereocenters. The molecule has 0 saturated carbocycles. The minimum Gasteiger partial charge on any atom is -0.383 e. The molecule has 18 heavy (non-hydrogen) atoms. The van der Waals surface area contributed by atoms with E-state index >= 15 is 0 Å². The summed E-state index contributed by atoms with van der Waals surface area (Å²) in [5, 5.41) is 6.88. The van der Waals surface area contributed by atoms with Crippen molar-refractivity contribution in [1.82, 2.24) is 0 Å². The quantitative estimate of drug-likeness (QED) is 0.784. The van der Waals surface area contributed by atoms with Gasteiger partial charge in [-0.05, 0) is 24.3 Å². The van der Waals surface area contributed by atoms with Crippen molar-refractivity contribution < 1.29 is 4.39 Å². The lowest BCUT2D eigenvalue weighted by atomic mass is 9.87. The molecule has 0 spiro atoms. The Morgan fingerprint density at radius 1 is 1.33 bits per heavy atom. The zero-order valence-electron chi connectivity index (χ0n) is 11.1. The Bertz CT molecular complexity index is 440. The van der Waals surface area contributed by atoms with E-state index in [-0.39, 0.29) is 16.3 Å². The van der Waals surface area contributed by atoms with Gasteiger partial charge in [-0.15, -0.1) is 0 Å². The topological polar surface area (TPSA) is 24.1 Å². The average molecular weight is 271 g/mol. The number of hydrogen-bond donors (Lipinski definition) is 2. The first-order valence-corrected chi connectivity index (χ1v) is 6.72. The highest BCUT2D eigenvalue weighted by Crippen LogP contribution is 2.33. The van der Waals surface area contributed by atoms with Gasteiger partial charge in [0.25, 0.3) is 0 Å². The van der Waals surface area contributed by atoms with Crippen molar-refractivity contribution in [3.63, 3.8) is 0 Å². The zero-order chi connectivity index (χ0) is 13.3. The van der Waals surface area contributed by atoms with Crippen LogP contribution >= 0.6 is 11.6 Å². The second kappa shape index (κ2) is 4.96. The Balaban J connectivity index is 2.21. The number of hydrogen-bond acceptors (Lipinski definition) is 2. The summed E-state index contributed by atoms with van der Waals surface area (Å²) < 4.78 is 13.4. The lowest BCUT2D eigenvalue weighted by Gasteiger charge is -2.26. The Hall–Kier alpha value is -0.960. The Labute approximate surface area is 113 Å². The highest BCUT2D eigenvalue weighted by Gasteiger charge is 2.22. The maximum absolute atomic E-state index is 13.4. The van der Waals surface area contributed by atoms with Crippen molar-refractivity contribution in [2.45, 2.75) is 39.7 Å². The van der Waals surface area contributed by atoms with E-state index in [1.165, 1.54) is 6.07 Å². The van der Waals surface area contributed by atoms with Crippen LogP contribution in [0.25, 0.3) is 0 Å². The van der Waals surface area contributed by atoms with Crippen LogP contribution in [0.3, 0.4) is 0 Å². The Morgan fingerprint density at radius 2 is 2.06 bits per heavy atom. The smallest absolute Gasteiger partial charge is 0.143 e. The van der Waals surface area contributed by atoms with Gasteiger partial charge in [-0.2, -0.15) is 0 Å². The molecule has 1 aromatic carbocycles. The van der Waals surface area contributed by atoms with Gasteiger partial charge in [0.15, 0.2) is 0 Å². The molecule has 0 aliphatic carbocycles. The summed E-state index contributed by atoms with van der Waals surface area (Å²) in [4.78, 5) is 0. The van der Waals surface area contributed by atoms with Gasteiger partial charge in [-0.3, -0.25) is 0 Å².